The molecule has 0 saturated carbocycles. The van der Waals surface area contributed by atoms with Crippen LogP contribution in [-0.2, 0) is 19.9 Å². The zero-order valence-electron chi connectivity index (χ0n) is 18.8. The molecule has 6 nitrogen and oxygen atoms in total. The van der Waals surface area contributed by atoms with E-state index in [-0.39, 0.29) is 5.97 Å². The number of unbranched alkanes of at least 4 members (excludes halogenated alkanes) is 11. The van der Waals surface area contributed by atoms with Crippen molar-refractivity contribution in [1.82, 2.24) is 0 Å². The molecule has 0 aromatic rings. The molecule has 0 unspecified atom stereocenters. The van der Waals surface area contributed by atoms with Crippen LogP contribution in [0.3, 0.4) is 0 Å². The molecule has 0 bridgehead atoms. The Kier molecular flexibility index (Phi) is 22.7. The van der Waals surface area contributed by atoms with Crippen LogP contribution in [-0.4, -0.2) is 30.1 Å². The first kappa shape index (κ1) is 30.3. The van der Waals surface area contributed by atoms with Crippen LogP contribution in [0, 0.1) is 5.92 Å². The summed E-state index contributed by atoms with van der Waals surface area (Å²) in [5, 5.41) is 0. The molecule has 29 heavy (non-hydrogen) atoms. The number of allylic oxidation sites excluding steroid dienone is 2. The van der Waals surface area contributed by atoms with Gasteiger partial charge < -0.3 is 4.74 Å². The van der Waals surface area contributed by atoms with Crippen molar-refractivity contribution in [2.45, 2.75) is 111 Å². The first-order valence-electron chi connectivity index (χ1n) is 11.2. The predicted octanol–water partition coefficient (Wildman–Crippen LogP) is 6.57. The minimum atomic E-state index is -4.67. The van der Waals surface area contributed by atoms with Gasteiger partial charge in [0, 0.05) is 6.42 Å². The van der Waals surface area contributed by atoms with Crippen molar-refractivity contribution in [3.05, 3.63) is 12.2 Å². The molecule has 0 aliphatic carbocycles. The molecule has 0 amide bonds. The molecule has 0 radical (unpaired) electrons. The van der Waals surface area contributed by atoms with Gasteiger partial charge in [0.2, 0.25) is 0 Å². The molecule has 0 rings (SSSR count). The lowest BCUT2D eigenvalue weighted by atomic mass is 10.1. The summed E-state index contributed by atoms with van der Waals surface area (Å²) in [4.78, 5) is 11.5. The van der Waals surface area contributed by atoms with E-state index < -0.39 is 10.4 Å². The van der Waals surface area contributed by atoms with Gasteiger partial charge in [-0.25, -0.2) is 0 Å². The average Bonchev–Trinajstić information content (AvgIpc) is 2.61. The van der Waals surface area contributed by atoms with Crippen LogP contribution in [0.25, 0.3) is 0 Å². The molecular formula is C22H44O6S. The number of esters is 1. The van der Waals surface area contributed by atoms with Gasteiger partial charge in [-0.3, -0.25) is 13.9 Å². The molecule has 0 aliphatic rings. The van der Waals surface area contributed by atoms with Crippen molar-refractivity contribution in [2.24, 2.45) is 5.92 Å². The minimum Gasteiger partial charge on any atom is -0.465 e. The van der Waals surface area contributed by atoms with Crippen LogP contribution < -0.4 is 0 Å². The Morgan fingerprint density at radius 1 is 0.828 bits per heavy atom. The Morgan fingerprint density at radius 2 is 1.24 bits per heavy atom. The van der Waals surface area contributed by atoms with E-state index in [1.807, 2.05) is 0 Å². The van der Waals surface area contributed by atoms with Crippen molar-refractivity contribution in [3.63, 3.8) is 0 Å². The normalized spacial score (nSPS) is 11.5. The topological polar surface area (TPSA) is 101 Å². The maximum absolute atomic E-state index is 11.5. The van der Waals surface area contributed by atoms with Gasteiger partial charge in [0.05, 0.1) is 6.61 Å². The third-order valence-electron chi connectivity index (χ3n) is 4.22. The standard InChI is InChI=1S/C22H42O2.H2O4S/c1-4-5-6-7-8-9-10-11-12-13-14-15-16-17-18-19-22(23)24-20-21(2)3;1-5(2,3)4/h11-12,21H,4-10,13-20H2,1-3H3;(H2,1,2,3,4)/b12-11-;. The lowest BCUT2D eigenvalue weighted by Crippen LogP contribution is -2.09. The molecule has 0 aromatic heterocycles. The van der Waals surface area contributed by atoms with Gasteiger partial charge in [0.25, 0.3) is 0 Å². The fraction of sp³-hybridized carbons (Fsp3) is 0.864. The van der Waals surface area contributed by atoms with Crippen molar-refractivity contribution in [3.8, 4) is 0 Å². The molecule has 174 valence electrons. The average molecular weight is 437 g/mol. The summed E-state index contributed by atoms with van der Waals surface area (Å²) in [6, 6.07) is 0. The Morgan fingerprint density at radius 3 is 1.69 bits per heavy atom. The highest BCUT2D eigenvalue weighted by Gasteiger charge is 2.03. The maximum Gasteiger partial charge on any atom is 0.394 e. The van der Waals surface area contributed by atoms with Gasteiger partial charge in [-0.1, -0.05) is 84.3 Å². The monoisotopic (exact) mass is 436 g/mol. The molecule has 0 fully saturated rings. The van der Waals surface area contributed by atoms with Crippen LogP contribution in [0.5, 0.6) is 0 Å². The highest BCUT2D eigenvalue weighted by Crippen LogP contribution is 2.10. The third kappa shape index (κ3) is 38.3. The molecule has 0 spiro atoms. The molecule has 2 N–H and O–H groups in total. The molecule has 0 heterocycles. The Bertz CT molecular complexity index is 478. The third-order valence-corrected chi connectivity index (χ3v) is 4.22. The largest absolute Gasteiger partial charge is 0.465 e. The fourth-order valence-electron chi connectivity index (χ4n) is 2.67. The van der Waals surface area contributed by atoms with E-state index in [0.717, 1.165) is 12.8 Å². The van der Waals surface area contributed by atoms with Crippen LogP contribution in [0.1, 0.15) is 111 Å². The van der Waals surface area contributed by atoms with Gasteiger partial charge in [-0.15, -0.1) is 0 Å². The van der Waals surface area contributed by atoms with Gasteiger partial charge >= 0.3 is 16.4 Å². The summed E-state index contributed by atoms with van der Waals surface area (Å²) in [5.41, 5.74) is 0. The van der Waals surface area contributed by atoms with Gasteiger partial charge in [-0.05, 0) is 38.0 Å². The van der Waals surface area contributed by atoms with Crippen molar-refractivity contribution in [2.75, 3.05) is 6.61 Å². The zero-order valence-corrected chi connectivity index (χ0v) is 19.6. The fourth-order valence-corrected chi connectivity index (χ4v) is 2.67. The summed E-state index contributed by atoms with van der Waals surface area (Å²) in [7, 11) is -4.67. The second-order valence-electron chi connectivity index (χ2n) is 7.86. The smallest absolute Gasteiger partial charge is 0.394 e. The van der Waals surface area contributed by atoms with Crippen LogP contribution in [0.15, 0.2) is 12.2 Å². The van der Waals surface area contributed by atoms with E-state index in [4.69, 9.17) is 22.3 Å². The first-order valence-corrected chi connectivity index (χ1v) is 12.6. The SMILES string of the molecule is CCCCCCCC/C=C\CCCCCCCC(=O)OCC(C)C.O=S(=O)(O)O. The van der Waals surface area contributed by atoms with Crippen molar-refractivity contribution >= 4 is 16.4 Å². The van der Waals surface area contributed by atoms with E-state index >= 15 is 0 Å². The molecule has 7 heteroatoms. The number of carbonyl (C=O) groups excluding carboxylic acids is 1. The quantitative estimate of drug-likeness (QED) is 0.116. The molecule has 0 saturated heterocycles. The number of hydrogen-bond acceptors (Lipinski definition) is 4. The molecule has 0 aromatic carbocycles. The second-order valence-corrected chi connectivity index (χ2v) is 8.75. The summed E-state index contributed by atoms with van der Waals surface area (Å²) >= 11 is 0. The van der Waals surface area contributed by atoms with E-state index in [2.05, 4.69) is 32.9 Å². The lowest BCUT2D eigenvalue weighted by molar-refractivity contribution is -0.144. The maximum atomic E-state index is 11.5. The zero-order chi connectivity index (χ0) is 22.4. The summed E-state index contributed by atoms with van der Waals surface area (Å²) in [5.74, 6) is 0.407. The van der Waals surface area contributed by atoms with Crippen molar-refractivity contribution in [1.29, 1.82) is 0 Å². The number of carbonyl (C=O) groups is 1. The van der Waals surface area contributed by atoms with Gasteiger partial charge in [0.1, 0.15) is 0 Å². The number of hydrogen-bond donors (Lipinski definition) is 2. The van der Waals surface area contributed by atoms with Gasteiger partial charge in [-0.2, -0.15) is 8.42 Å². The van der Waals surface area contributed by atoms with E-state index in [1.165, 1.54) is 70.6 Å². The summed E-state index contributed by atoms with van der Waals surface area (Å²) < 4.78 is 36.8. The number of ether oxygens (including phenoxy) is 1. The van der Waals surface area contributed by atoms with Crippen molar-refractivity contribution < 1.29 is 27.1 Å². The second kappa shape index (κ2) is 21.8. The lowest BCUT2D eigenvalue weighted by Gasteiger charge is -2.06. The van der Waals surface area contributed by atoms with Crippen LogP contribution >= 0.6 is 0 Å². The highest BCUT2D eigenvalue weighted by molar-refractivity contribution is 7.79. The van der Waals surface area contributed by atoms with E-state index in [1.54, 1.807) is 0 Å². The molecule has 0 atom stereocenters. The first-order chi connectivity index (χ1) is 13.7. The summed E-state index contributed by atoms with van der Waals surface area (Å²) in [6.07, 6.45) is 22.0. The van der Waals surface area contributed by atoms with Crippen LogP contribution in [0.4, 0.5) is 0 Å². The Hall–Kier alpha value is -0.920. The highest BCUT2D eigenvalue weighted by atomic mass is 32.3. The Balaban J connectivity index is 0. The Labute approximate surface area is 179 Å². The minimum absolute atomic E-state index is 0.0265. The molecular weight excluding hydrogens is 392 g/mol. The van der Waals surface area contributed by atoms with E-state index in [9.17, 15) is 4.79 Å². The number of rotatable bonds is 17. The van der Waals surface area contributed by atoms with Crippen LogP contribution in [0.2, 0.25) is 0 Å². The summed E-state index contributed by atoms with van der Waals surface area (Å²) in [6.45, 7) is 6.96. The predicted molar refractivity (Wildman–Crippen MR) is 119 cm³/mol. The van der Waals surface area contributed by atoms with Gasteiger partial charge in [0.15, 0.2) is 0 Å². The molecule has 0 aliphatic heterocycles. The van der Waals surface area contributed by atoms with E-state index in [0.29, 0.717) is 18.9 Å².